The topological polar surface area (TPSA) is 84.5 Å². The van der Waals surface area contributed by atoms with Crippen molar-refractivity contribution >= 4 is 17.8 Å². The summed E-state index contributed by atoms with van der Waals surface area (Å²) in [6.07, 6.45) is 0. The standard InChI is InChI=1S/C15H28N2O4/c1-13(2,3)21-12(20)15(6,7)14(4,5)11(19)17-9-10(18)16-8/h9H2,1-8H3,(H,16,18)(H,17,19). The number of ether oxygens (including phenoxy) is 1. The minimum atomic E-state index is -1.03. The monoisotopic (exact) mass is 300 g/mol. The smallest absolute Gasteiger partial charge is 0.313 e. The molecule has 0 aromatic rings. The molecule has 2 N–H and O–H groups in total. The van der Waals surface area contributed by atoms with Crippen LogP contribution in [0.15, 0.2) is 0 Å². The van der Waals surface area contributed by atoms with Gasteiger partial charge in [-0.25, -0.2) is 0 Å². The molecule has 0 aliphatic heterocycles. The Hall–Kier alpha value is -1.59. The molecular formula is C15H28N2O4. The van der Waals surface area contributed by atoms with E-state index in [0.717, 1.165) is 0 Å². The number of hydrogen-bond donors (Lipinski definition) is 2. The Balaban J connectivity index is 5.05. The summed E-state index contributed by atoms with van der Waals surface area (Å²) in [5.41, 5.74) is -2.68. The zero-order chi connectivity index (χ0) is 17.1. The molecule has 0 aliphatic carbocycles. The molecule has 6 nitrogen and oxygen atoms in total. The molecule has 21 heavy (non-hydrogen) atoms. The third-order valence-corrected chi connectivity index (χ3v) is 3.73. The third-order valence-electron chi connectivity index (χ3n) is 3.73. The Bertz CT molecular complexity index is 420. The summed E-state index contributed by atoms with van der Waals surface area (Å²) in [5.74, 6) is -1.12. The minimum Gasteiger partial charge on any atom is -0.460 e. The second-order valence-corrected chi connectivity index (χ2v) is 7.11. The Morgan fingerprint density at radius 1 is 0.905 bits per heavy atom. The highest BCUT2D eigenvalue weighted by Gasteiger charge is 2.50. The van der Waals surface area contributed by atoms with Gasteiger partial charge in [0.25, 0.3) is 0 Å². The highest BCUT2D eigenvalue weighted by molar-refractivity contribution is 5.92. The highest BCUT2D eigenvalue weighted by atomic mass is 16.6. The lowest BCUT2D eigenvalue weighted by Gasteiger charge is -2.39. The number of esters is 1. The van der Waals surface area contributed by atoms with Crippen molar-refractivity contribution in [2.24, 2.45) is 10.8 Å². The predicted molar refractivity (Wildman–Crippen MR) is 80.5 cm³/mol. The summed E-state index contributed by atoms with van der Waals surface area (Å²) in [6.45, 7) is 11.9. The van der Waals surface area contributed by atoms with E-state index in [1.54, 1.807) is 48.5 Å². The summed E-state index contributed by atoms with van der Waals surface area (Å²) < 4.78 is 5.39. The largest absolute Gasteiger partial charge is 0.460 e. The van der Waals surface area contributed by atoms with Crippen LogP contribution in [0.3, 0.4) is 0 Å². The van der Waals surface area contributed by atoms with E-state index in [1.807, 2.05) is 0 Å². The van der Waals surface area contributed by atoms with Gasteiger partial charge in [-0.1, -0.05) is 0 Å². The second-order valence-electron chi connectivity index (χ2n) is 7.11. The van der Waals surface area contributed by atoms with Gasteiger partial charge in [0.05, 0.1) is 17.4 Å². The van der Waals surface area contributed by atoms with Crippen LogP contribution in [-0.2, 0) is 19.1 Å². The first kappa shape index (κ1) is 19.4. The summed E-state index contributed by atoms with van der Waals surface area (Å²) in [7, 11) is 1.49. The molecule has 0 unspecified atom stereocenters. The fourth-order valence-corrected chi connectivity index (χ4v) is 1.41. The van der Waals surface area contributed by atoms with Crippen LogP contribution in [0, 0.1) is 10.8 Å². The minimum absolute atomic E-state index is 0.122. The van der Waals surface area contributed by atoms with Crippen molar-refractivity contribution in [1.29, 1.82) is 0 Å². The van der Waals surface area contributed by atoms with Gasteiger partial charge in [0.2, 0.25) is 11.8 Å². The van der Waals surface area contributed by atoms with Gasteiger partial charge in [-0.3, -0.25) is 14.4 Å². The van der Waals surface area contributed by atoms with E-state index < -0.39 is 22.4 Å². The van der Waals surface area contributed by atoms with E-state index in [0.29, 0.717) is 0 Å². The Morgan fingerprint density at radius 3 is 1.76 bits per heavy atom. The quantitative estimate of drug-likeness (QED) is 0.748. The number of hydrogen-bond acceptors (Lipinski definition) is 4. The molecule has 0 radical (unpaired) electrons. The summed E-state index contributed by atoms with van der Waals surface area (Å²) in [6, 6.07) is 0. The average Bonchev–Trinajstić information content (AvgIpc) is 2.32. The van der Waals surface area contributed by atoms with Crippen molar-refractivity contribution < 1.29 is 19.1 Å². The van der Waals surface area contributed by atoms with Gasteiger partial charge >= 0.3 is 5.97 Å². The number of carbonyl (C=O) groups is 3. The van der Waals surface area contributed by atoms with Crippen LogP contribution in [0.25, 0.3) is 0 Å². The van der Waals surface area contributed by atoms with Crippen molar-refractivity contribution in [3.8, 4) is 0 Å². The van der Waals surface area contributed by atoms with Crippen molar-refractivity contribution in [2.75, 3.05) is 13.6 Å². The molecule has 0 atom stereocenters. The third kappa shape index (κ3) is 5.02. The van der Waals surface area contributed by atoms with Crippen molar-refractivity contribution in [3.05, 3.63) is 0 Å². The molecule has 0 heterocycles. The normalized spacial score (nSPS) is 12.6. The first-order valence-electron chi connectivity index (χ1n) is 6.98. The van der Waals surface area contributed by atoms with Crippen LogP contribution in [-0.4, -0.2) is 37.0 Å². The molecule has 122 valence electrons. The van der Waals surface area contributed by atoms with Crippen molar-refractivity contribution in [1.82, 2.24) is 10.6 Å². The summed E-state index contributed by atoms with van der Waals surface area (Å²) in [4.78, 5) is 35.8. The van der Waals surface area contributed by atoms with Gasteiger partial charge in [-0.05, 0) is 48.5 Å². The van der Waals surface area contributed by atoms with E-state index in [9.17, 15) is 14.4 Å². The Morgan fingerprint density at radius 2 is 1.38 bits per heavy atom. The van der Waals surface area contributed by atoms with Gasteiger partial charge in [0.1, 0.15) is 5.60 Å². The number of rotatable bonds is 5. The Kier molecular flexibility index (Phi) is 5.96. The fraction of sp³-hybridized carbons (Fsp3) is 0.800. The number of carbonyl (C=O) groups excluding carboxylic acids is 3. The van der Waals surface area contributed by atoms with Gasteiger partial charge in [-0.15, -0.1) is 0 Å². The molecule has 0 fully saturated rings. The van der Waals surface area contributed by atoms with E-state index in [2.05, 4.69) is 10.6 Å². The van der Waals surface area contributed by atoms with Gasteiger partial charge in [-0.2, -0.15) is 0 Å². The molecule has 0 bridgehead atoms. The van der Waals surface area contributed by atoms with Gasteiger partial charge in [0.15, 0.2) is 0 Å². The van der Waals surface area contributed by atoms with E-state index in [1.165, 1.54) is 7.05 Å². The molecule has 0 saturated carbocycles. The average molecular weight is 300 g/mol. The van der Waals surface area contributed by atoms with Crippen LogP contribution >= 0.6 is 0 Å². The van der Waals surface area contributed by atoms with E-state index >= 15 is 0 Å². The molecule has 0 aliphatic rings. The molecule has 6 heteroatoms. The number of nitrogens with one attached hydrogen (secondary N) is 2. The highest BCUT2D eigenvalue weighted by Crippen LogP contribution is 2.40. The maximum absolute atomic E-state index is 12.3. The zero-order valence-corrected chi connectivity index (χ0v) is 14.3. The van der Waals surface area contributed by atoms with Gasteiger partial charge < -0.3 is 15.4 Å². The summed E-state index contributed by atoms with van der Waals surface area (Å²) >= 11 is 0. The van der Waals surface area contributed by atoms with E-state index in [4.69, 9.17) is 4.74 Å². The molecule has 0 rings (SSSR count). The Labute approximate surface area is 127 Å². The lowest BCUT2D eigenvalue weighted by molar-refractivity contribution is -0.175. The zero-order valence-electron chi connectivity index (χ0n) is 14.3. The first-order chi connectivity index (χ1) is 9.25. The SMILES string of the molecule is CNC(=O)CNC(=O)C(C)(C)C(C)(C)C(=O)OC(C)(C)C. The number of likely N-dealkylation sites (N-methyl/N-ethyl adjacent to an activating group) is 1. The maximum Gasteiger partial charge on any atom is 0.313 e. The molecule has 0 aromatic heterocycles. The van der Waals surface area contributed by atoms with Crippen LogP contribution in [0.1, 0.15) is 48.5 Å². The molecule has 2 amide bonds. The number of amides is 2. The molecular weight excluding hydrogens is 272 g/mol. The van der Waals surface area contributed by atoms with Crippen LogP contribution in [0.5, 0.6) is 0 Å². The van der Waals surface area contributed by atoms with Crippen LogP contribution in [0.4, 0.5) is 0 Å². The van der Waals surface area contributed by atoms with Crippen LogP contribution in [0.2, 0.25) is 0 Å². The second kappa shape index (κ2) is 6.45. The maximum atomic E-state index is 12.3. The lowest BCUT2D eigenvalue weighted by Crippen LogP contribution is -2.52. The van der Waals surface area contributed by atoms with E-state index in [-0.39, 0.29) is 18.4 Å². The fourth-order valence-electron chi connectivity index (χ4n) is 1.41. The molecule has 0 spiro atoms. The summed E-state index contributed by atoms with van der Waals surface area (Å²) in [5, 5.41) is 4.96. The van der Waals surface area contributed by atoms with Crippen molar-refractivity contribution in [3.63, 3.8) is 0 Å². The van der Waals surface area contributed by atoms with Gasteiger partial charge in [0, 0.05) is 7.05 Å². The first-order valence-corrected chi connectivity index (χ1v) is 6.98. The van der Waals surface area contributed by atoms with Crippen LogP contribution < -0.4 is 10.6 Å². The molecule has 0 saturated heterocycles. The molecule has 0 aromatic carbocycles. The predicted octanol–water partition coefficient (Wildman–Crippen LogP) is 1.24. The lowest BCUT2D eigenvalue weighted by atomic mass is 9.67. The van der Waals surface area contributed by atoms with Crippen molar-refractivity contribution in [2.45, 2.75) is 54.1 Å².